The minimum atomic E-state index is -4.60. The smallest absolute Gasteiger partial charge is 0.168 e. The molecule has 0 radical (unpaired) electrons. The molecule has 2 aromatic carbocycles. The maximum absolute atomic E-state index is 13.8. The van der Waals surface area contributed by atoms with Crippen molar-refractivity contribution in [2.45, 2.75) is 38.7 Å². The zero-order valence-electron chi connectivity index (χ0n) is 13.0. The molecule has 0 N–H and O–H groups in total. The molecule has 0 atom stereocenters. The molecule has 0 nitrogen and oxygen atoms in total. The molecule has 0 saturated heterocycles. The molecule has 0 saturated carbocycles. The fourth-order valence-electron chi connectivity index (χ4n) is 2.41. The van der Waals surface area contributed by atoms with Gasteiger partial charge < -0.3 is 0 Å². The summed E-state index contributed by atoms with van der Waals surface area (Å²) in [6.45, 7) is 7.29. The maximum Gasteiger partial charge on any atom is 0.415 e. The third-order valence-electron chi connectivity index (χ3n) is 4.20. The van der Waals surface area contributed by atoms with Gasteiger partial charge in [-0.1, -0.05) is 48.0 Å². The minimum absolute atomic E-state index is 0.0491. The van der Waals surface area contributed by atoms with Gasteiger partial charge in [0.25, 0.3) is 0 Å². The maximum atomic E-state index is 13.8. The second-order valence-electron chi connectivity index (χ2n) is 5.75. The van der Waals surface area contributed by atoms with Gasteiger partial charge >= 0.3 is 6.18 Å². The SMILES string of the molecule is Cc1ccc(C(Cl)(c2ccc(C)c(C)c2)C(F)(F)F)cc1C. The molecular weight excluding hydrogens is 309 g/mol. The highest BCUT2D eigenvalue weighted by atomic mass is 35.5. The quantitative estimate of drug-likeness (QED) is 0.597. The molecule has 0 unspecified atom stereocenters. The van der Waals surface area contributed by atoms with Crippen molar-refractivity contribution in [2.24, 2.45) is 0 Å². The molecule has 118 valence electrons. The van der Waals surface area contributed by atoms with E-state index in [1.807, 2.05) is 13.8 Å². The molecule has 0 fully saturated rings. The number of alkyl halides is 4. The Balaban J connectivity index is 2.72. The van der Waals surface area contributed by atoms with E-state index in [9.17, 15) is 13.2 Å². The Hall–Kier alpha value is -1.48. The molecule has 0 spiro atoms. The van der Waals surface area contributed by atoms with Gasteiger partial charge in [0.1, 0.15) is 0 Å². The van der Waals surface area contributed by atoms with Crippen molar-refractivity contribution in [3.8, 4) is 0 Å². The van der Waals surface area contributed by atoms with Crippen LogP contribution in [0.1, 0.15) is 33.4 Å². The highest BCUT2D eigenvalue weighted by Crippen LogP contribution is 2.50. The van der Waals surface area contributed by atoms with Gasteiger partial charge in [0.2, 0.25) is 0 Å². The van der Waals surface area contributed by atoms with Crippen LogP contribution < -0.4 is 0 Å². The molecule has 0 aliphatic rings. The average Bonchev–Trinajstić information content (AvgIpc) is 2.42. The second-order valence-corrected chi connectivity index (χ2v) is 6.32. The van der Waals surface area contributed by atoms with Gasteiger partial charge in [-0.05, 0) is 61.1 Å². The van der Waals surface area contributed by atoms with Crippen LogP contribution >= 0.6 is 11.6 Å². The van der Waals surface area contributed by atoms with E-state index in [0.717, 1.165) is 22.3 Å². The fraction of sp³-hybridized carbons (Fsp3) is 0.333. The van der Waals surface area contributed by atoms with Crippen LogP contribution in [0, 0.1) is 27.7 Å². The van der Waals surface area contributed by atoms with Gasteiger partial charge in [-0.2, -0.15) is 13.2 Å². The van der Waals surface area contributed by atoms with Crippen LogP contribution in [0.15, 0.2) is 36.4 Å². The van der Waals surface area contributed by atoms with Gasteiger partial charge in [-0.3, -0.25) is 0 Å². The summed E-state index contributed by atoms with van der Waals surface area (Å²) in [6.07, 6.45) is -4.60. The van der Waals surface area contributed by atoms with Crippen molar-refractivity contribution < 1.29 is 13.2 Å². The first-order valence-corrected chi connectivity index (χ1v) is 7.36. The number of hydrogen-bond acceptors (Lipinski definition) is 0. The number of halogens is 4. The summed E-state index contributed by atoms with van der Waals surface area (Å²) in [5.74, 6) is 0. The molecular formula is C18H18ClF3. The van der Waals surface area contributed by atoms with Crippen LogP contribution in [0.4, 0.5) is 13.2 Å². The molecule has 0 aliphatic heterocycles. The van der Waals surface area contributed by atoms with Crippen molar-refractivity contribution in [1.82, 2.24) is 0 Å². The summed E-state index contributed by atoms with van der Waals surface area (Å²) in [5.41, 5.74) is 3.54. The van der Waals surface area contributed by atoms with Crippen LogP contribution in [-0.2, 0) is 4.87 Å². The van der Waals surface area contributed by atoms with E-state index in [1.54, 1.807) is 26.0 Å². The highest BCUT2D eigenvalue weighted by Gasteiger charge is 2.56. The Morgan fingerprint density at radius 2 is 1.05 bits per heavy atom. The lowest BCUT2D eigenvalue weighted by Crippen LogP contribution is -2.38. The normalized spacial score (nSPS) is 12.5. The van der Waals surface area contributed by atoms with Crippen LogP contribution in [0.2, 0.25) is 0 Å². The lowest BCUT2D eigenvalue weighted by atomic mass is 9.86. The summed E-state index contributed by atoms with van der Waals surface area (Å²) < 4.78 is 41.4. The monoisotopic (exact) mass is 326 g/mol. The van der Waals surface area contributed by atoms with E-state index in [0.29, 0.717) is 0 Å². The molecule has 0 amide bonds. The summed E-state index contributed by atoms with van der Waals surface area (Å²) in [7, 11) is 0. The molecule has 0 aliphatic carbocycles. The molecule has 2 rings (SSSR count). The Bertz CT molecular complexity index is 650. The first kappa shape index (κ1) is 16.9. The largest absolute Gasteiger partial charge is 0.415 e. The Labute approximate surface area is 133 Å². The Morgan fingerprint density at radius 3 is 1.32 bits per heavy atom. The van der Waals surface area contributed by atoms with E-state index in [4.69, 9.17) is 11.6 Å². The minimum Gasteiger partial charge on any atom is -0.168 e. The zero-order valence-corrected chi connectivity index (χ0v) is 13.7. The van der Waals surface area contributed by atoms with E-state index in [-0.39, 0.29) is 11.1 Å². The van der Waals surface area contributed by atoms with Crippen molar-refractivity contribution in [2.75, 3.05) is 0 Å². The van der Waals surface area contributed by atoms with E-state index in [2.05, 4.69) is 0 Å². The lowest BCUT2D eigenvalue weighted by Gasteiger charge is -2.31. The summed E-state index contributed by atoms with van der Waals surface area (Å²) >= 11 is 6.19. The second kappa shape index (κ2) is 5.62. The van der Waals surface area contributed by atoms with Crippen LogP contribution in [0.3, 0.4) is 0 Å². The number of rotatable bonds is 2. The topological polar surface area (TPSA) is 0 Å². The first-order chi connectivity index (χ1) is 10.1. The predicted molar refractivity (Wildman–Crippen MR) is 84.5 cm³/mol. The van der Waals surface area contributed by atoms with Gasteiger partial charge in [0, 0.05) is 0 Å². The van der Waals surface area contributed by atoms with E-state index >= 15 is 0 Å². The van der Waals surface area contributed by atoms with Crippen LogP contribution in [0.5, 0.6) is 0 Å². The summed E-state index contributed by atoms with van der Waals surface area (Å²) in [5, 5.41) is 0. The lowest BCUT2D eigenvalue weighted by molar-refractivity contribution is -0.154. The van der Waals surface area contributed by atoms with Crippen molar-refractivity contribution >= 4 is 11.6 Å². The first-order valence-electron chi connectivity index (χ1n) is 6.98. The molecule has 4 heteroatoms. The zero-order chi connectivity index (χ0) is 16.7. The Morgan fingerprint density at radius 1 is 0.682 bits per heavy atom. The standard InChI is InChI=1S/C18H18ClF3/c1-11-5-7-15(9-13(11)3)17(19,18(20,21)22)16-8-6-12(2)14(4)10-16/h5-10H,1-4H3. The van der Waals surface area contributed by atoms with Crippen LogP contribution in [0.25, 0.3) is 0 Å². The average molecular weight is 327 g/mol. The number of benzene rings is 2. The predicted octanol–water partition coefficient (Wildman–Crippen LogP) is 5.96. The van der Waals surface area contributed by atoms with Gasteiger partial charge in [0.15, 0.2) is 4.87 Å². The van der Waals surface area contributed by atoms with Gasteiger partial charge in [0.05, 0.1) is 0 Å². The molecule has 0 aromatic heterocycles. The van der Waals surface area contributed by atoms with Crippen molar-refractivity contribution in [3.05, 3.63) is 69.8 Å². The van der Waals surface area contributed by atoms with Crippen LogP contribution in [-0.4, -0.2) is 6.18 Å². The van der Waals surface area contributed by atoms with Crippen molar-refractivity contribution in [3.63, 3.8) is 0 Å². The Kier molecular flexibility index (Phi) is 4.31. The van der Waals surface area contributed by atoms with E-state index < -0.39 is 11.1 Å². The number of aryl methyl sites for hydroxylation is 4. The fourth-order valence-corrected chi connectivity index (χ4v) is 2.64. The number of hydrogen-bond donors (Lipinski definition) is 0. The van der Waals surface area contributed by atoms with Gasteiger partial charge in [-0.15, -0.1) is 0 Å². The van der Waals surface area contributed by atoms with E-state index in [1.165, 1.54) is 24.3 Å². The summed E-state index contributed by atoms with van der Waals surface area (Å²) in [4.78, 5) is -2.54. The summed E-state index contributed by atoms with van der Waals surface area (Å²) in [6, 6.07) is 9.30. The molecule has 0 bridgehead atoms. The third kappa shape index (κ3) is 2.74. The molecule has 22 heavy (non-hydrogen) atoms. The molecule has 0 heterocycles. The molecule has 2 aromatic rings. The third-order valence-corrected chi connectivity index (χ3v) is 4.85. The van der Waals surface area contributed by atoms with Gasteiger partial charge in [-0.25, -0.2) is 0 Å². The van der Waals surface area contributed by atoms with Crippen molar-refractivity contribution in [1.29, 1.82) is 0 Å². The highest BCUT2D eigenvalue weighted by molar-refractivity contribution is 6.26.